The molecule has 4 fully saturated rings. The summed E-state index contributed by atoms with van der Waals surface area (Å²) in [6.45, 7) is 4.31. The average molecular weight is 439 g/mol. The highest BCUT2D eigenvalue weighted by Gasteiger charge is 2.51. The smallest absolute Gasteiger partial charge is 0.119 e. The van der Waals surface area contributed by atoms with E-state index in [9.17, 15) is 0 Å². The first-order chi connectivity index (χ1) is 16.0. The molecule has 3 aromatic rings. The number of benzene rings is 2. The molecule has 0 aliphatic heterocycles. The molecule has 3 heteroatoms. The first-order valence-electron chi connectivity index (χ1n) is 12.5. The third kappa shape index (κ3) is 3.62. The summed E-state index contributed by atoms with van der Waals surface area (Å²) in [5, 5.41) is 0. The minimum Gasteiger partial charge on any atom is -0.497 e. The molecule has 0 atom stereocenters. The molecule has 4 bridgehead atoms. The Balaban J connectivity index is 1.22. The fourth-order valence-electron chi connectivity index (χ4n) is 7.56. The van der Waals surface area contributed by atoms with E-state index in [1.165, 1.54) is 49.9 Å². The lowest BCUT2D eigenvalue weighted by Crippen LogP contribution is -2.48. The van der Waals surface area contributed by atoms with Crippen molar-refractivity contribution in [3.05, 3.63) is 77.1 Å². The van der Waals surface area contributed by atoms with Crippen LogP contribution in [0.4, 0.5) is 5.69 Å². The first-order valence-corrected chi connectivity index (χ1v) is 12.5. The number of aryl methyl sites for hydroxylation is 1. The zero-order valence-electron chi connectivity index (χ0n) is 20.1. The zero-order chi connectivity index (χ0) is 22.6. The monoisotopic (exact) mass is 438 g/mol. The second-order valence-electron chi connectivity index (χ2n) is 10.9. The van der Waals surface area contributed by atoms with Crippen LogP contribution in [0.2, 0.25) is 0 Å². The van der Waals surface area contributed by atoms with Gasteiger partial charge in [-0.15, -0.1) is 0 Å². The molecular formula is C30H34N2O. The van der Waals surface area contributed by atoms with Crippen LogP contribution in [0, 0.1) is 31.6 Å². The molecule has 4 saturated carbocycles. The van der Waals surface area contributed by atoms with Gasteiger partial charge in [0.25, 0.3) is 0 Å². The summed E-state index contributed by atoms with van der Waals surface area (Å²) < 4.78 is 7.58. The van der Waals surface area contributed by atoms with Crippen molar-refractivity contribution in [2.24, 2.45) is 22.7 Å². The van der Waals surface area contributed by atoms with Crippen LogP contribution < -0.4 is 4.74 Å². The summed E-state index contributed by atoms with van der Waals surface area (Å²) in [4.78, 5) is 4.84. The molecule has 33 heavy (non-hydrogen) atoms. The molecule has 0 spiro atoms. The largest absolute Gasteiger partial charge is 0.497 e. The summed E-state index contributed by atoms with van der Waals surface area (Å²) in [6, 6.07) is 19.6. The van der Waals surface area contributed by atoms with Gasteiger partial charge in [0.15, 0.2) is 0 Å². The number of ether oxygens (including phenoxy) is 1. The number of rotatable bonds is 5. The third-order valence-corrected chi connectivity index (χ3v) is 8.67. The number of methoxy groups -OCH3 is 1. The topological polar surface area (TPSA) is 26.5 Å². The average Bonchev–Trinajstić information content (AvgIpc) is 3.10. The van der Waals surface area contributed by atoms with Crippen molar-refractivity contribution in [3.8, 4) is 11.4 Å². The summed E-state index contributed by atoms with van der Waals surface area (Å²) in [5.74, 6) is 3.82. The first kappa shape index (κ1) is 20.8. The lowest BCUT2D eigenvalue weighted by molar-refractivity contribution is -0.00518. The van der Waals surface area contributed by atoms with Gasteiger partial charge in [-0.1, -0.05) is 12.1 Å². The molecule has 0 saturated heterocycles. The van der Waals surface area contributed by atoms with Gasteiger partial charge in [-0.25, -0.2) is 0 Å². The van der Waals surface area contributed by atoms with Crippen LogP contribution in [0.1, 0.15) is 61.0 Å². The van der Waals surface area contributed by atoms with Crippen molar-refractivity contribution in [1.29, 1.82) is 0 Å². The van der Waals surface area contributed by atoms with Gasteiger partial charge < -0.3 is 9.30 Å². The van der Waals surface area contributed by atoms with Gasteiger partial charge in [-0.05, 0) is 124 Å². The van der Waals surface area contributed by atoms with Crippen LogP contribution in [-0.2, 0) is 5.41 Å². The standard InChI is InChI=1S/C30H34N2O/c1-20-12-25(21(2)32(20)28-8-10-29(33-3)11-9-28)19-31-27-6-4-26(5-7-27)30-16-22-13-23(17-30)15-24(14-22)18-30/h4-12,19,22-24H,13-18H2,1-3H3. The lowest BCUT2D eigenvalue weighted by Gasteiger charge is -2.57. The predicted octanol–water partition coefficient (Wildman–Crippen LogP) is 7.32. The molecule has 170 valence electrons. The molecule has 4 aliphatic rings. The normalized spacial score (nSPS) is 28.0. The maximum Gasteiger partial charge on any atom is 0.119 e. The van der Waals surface area contributed by atoms with Crippen molar-refractivity contribution < 1.29 is 4.74 Å². The number of hydrogen-bond acceptors (Lipinski definition) is 2. The maximum atomic E-state index is 5.30. The van der Waals surface area contributed by atoms with Gasteiger partial charge in [-0.3, -0.25) is 4.99 Å². The molecule has 0 N–H and O–H groups in total. The van der Waals surface area contributed by atoms with Gasteiger partial charge in [0, 0.05) is 28.9 Å². The van der Waals surface area contributed by atoms with Crippen LogP contribution in [0.3, 0.4) is 0 Å². The van der Waals surface area contributed by atoms with E-state index in [1.807, 2.05) is 18.3 Å². The Morgan fingerprint density at radius 2 is 1.48 bits per heavy atom. The van der Waals surface area contributed by atoms with Crippen molar-refractivity contribution in [1.82, 2.24) is 4.57 Å². The maximum absolute atomic E-state index is 5.30. The minimum absolute atomic E-state index is 0.459. The minimum atomic E-state index is 0.459. The van der Waals surface area contributed by atoms with E-state index in [-0.39, 0.29) is 0 Å². The van der Waals surface area contributed by atoms with E-state index in [1.54, 1.807) is 12.7 Å². The van der Waals surface area contributed by atoms with Crippen LogP contribution in [0.25, 0.3) is 5.69 Å². The molecular weight excluding hydrogens is 404 g/mol. The van der Waals surface area contributed by atoms with Crippen LogP contribution in [0.5, 0.6) is 5.75 Å². The van der Waals surface area contributed by atoms with E-state index < -0.39 is 0 Å². The molecule has 2 aromatic carbocycles. The Morgan fingerprint density at radius 1 is 0.879 bits per heavy atom. The summed E-state index contributed by atoms with van der Waals surface area (Å²) in [5.41, 5.74) is 7.78. The molecule has 3 nitrogen and oxygen atoms in total. The van der Waals surface area contributed by atoms with Crippen molar-refractivity contribution in [2.75, 3.05) is 7.11 Å². The second-order valence-corrected chi connectivity index (χ2v) is 10.9. The van der Waals surface area contributed by atoms with Gasteiger partial charge in [0.2, 0.25) is 0 Å². The van der Waals surface area contributed by atoms with Gasteiger partial charge >= 0.3 is 0 Å². The van der Waals surface area contributed by atoms with Gasteiger partial charge in [0.05, 0.1) is 12.8 Å². The molecule has 0 radical (unpaired) electrons. The summed E-state index contributed by atoms with van der Waals surface area (Å²) in [6.07, 6.45) is 10.8. The zero-order valence-corrected chi connectivity index (χ0v) is 20.1. The van der Waals surface area contributed by atoms with E-state index in [0.717, 1.165) is 40.4 Å². The van der Waals surface area contributed by atoms with E-state index in [0.29, 0.717) is 5.41 Å². The van der Waals surface area contributed by atoms with Crippen molar-refractivity contribution in [2.45, 2.75) is 57.8 Å². The van der Waals surface area contributed by atoms with E-state index in [4.69, 9.17) is 9.73 Å². The fraction of sp³-hybridized carbons (Fsp3) is 0.433. The van der Waals surface area contributed by atoms with Crippen molar-refractivity contribution in [3.63, 3.8) is 0 Å². The Kier molecular flexibility index (Phi) is 4.97. The molecule has 0 amide bonds. The Morgan fingerprint density at radius 3 is 2.06 bits per heavy atom. The number of hydrogen-bond donors (Lipinski definition) is 0. The second kappa shape index (κ2) is 7.90. The van der Waals surface area contributed by atoms with Crippen LogP contribution in [-0.4, -0.2) is 17.9 Å². The number of aliphatic imine (C=N–C) groups is 1. The molecule has 1 heterocycles. The highest BCUT2D eigenvalue weighted by Crippen LogP contribution is 2.60. The molecule has 0 unspecified atom stereocenters. The molecule has 1 aromatic heterocycles. The quantitative estimate of drug-likeness (QED) is 0.383. The summed E-state index contributed by atoms with van der Waals surface area (Å²) in [7, 11) is 1.70. The summed E-state index contributed by atoms with van der Waals surface area (Å²) >= 11 is 0. The highest BCUT2D eigenvalue weighted by atomic mass is 16.5. The highest BCUT2D eigenvalue weighted by molar-refractivity contribution is 5.84. The van der Waals surface area contributed by atoms with Crippen LogP contribution >= 0.6 is 0 Å². The van der Waals surface area contributed by atoms with Crippen molar-refractivity contribution >= 4 is 11.9 Å². The van der Waals surface area contributed by atoms with Gasteiger partial charge in [-0.2, -0.15) is 0 Å². The van der Waals surface area contributed by atoms with Crippen LogP contribution in [0.15, 0.2) is 59.6 Å². The SMILES string of the molecule is COc1ccc(-n2c(C)cc(C=Nc3ccc(C45CC6CC(CC(C6)C4)C5)cc3)c2C)cc1. The van der Waals surface area contributed by atoms with Gasteiger partial charge in [0.1, 0.15) is 5.75 Å². The number of nitrogens with zero attached hydrogens (tertiary/aromatic N) is 2. The predicted molar refractivity (Wildman–Crippen MR) is 135 cm³/mol. The molecule has 7 rings (SSSR count). The number of aromatic nitrogens is 1. The molecule has 4 aliphatic carbocycles. The van der Waals surface area contributed by atoms with E-state index >= 15 is 0 Å². The fourth-order valence-corrected chi connectivity index (χ4v) is 7.56. The van der Waals surface area contributed by atoms with E-state index in [2.05, 4.69) is 60.9 Å². The Labute approximate surface area is 197 Å². The Bertz CT molecular complexity index is 1150. The Hall–Kier alpha value is -2.81. The lowest BCUT2D eigenvalue weighted by atomic mass is 9.48. The third-order valence-electron chi connectivity index (χ3n) is 8.67.